The van der Waals surface area contributed by atoms with Crippen molar-refractivity contribution in [2.24, 2.45) is 5.10 Å². The molecule has 6 heteroatoms. The average Bonchev–Trinajstić information content (AvgIpc) is 2.36. The lowest BCUT2D eigenvalue weighted by Crippen LogP contribution is -2.13. The van der Waals surface area contributed by atoms with Crippen molar-refractivity contribution >= 4 is 28.4 Å². The molecular formula is C12H15ClN2O3. The van der Waals surface area contributed by atoms with E-state index in [0.717, 1.165) is 5.56 Å². The highest BCUT2D eigenvalue weighted by molar-refractivity contribution is 6.82. The molecule has 0 bridgehead atoms. The maximum Gasteiger partial charge on any atom is 0.370 e. The summed E-state index contributed by atoms with van der Waals surface area (Å²) < 4.78 is 9.85. The highest BCUT2D eigenvalue weighted by Crippen LogP contribution is 2.25. The molecule has 18 heavy (non-hydrogen) atoms. The van der Waals surface area contributed by atoms with Crippen LogP contribution >= 0.6 is 11.6 Å². The van der Waals surface area contributed by atoms with Crippen LogP contribution in [0.25, 0.3) is 0 Å². The number of halogens is 1. The van der Waals surface area contributed by atoms with Gasteiger partial charge in [0.25, 0.3) is 0 Å². The zero-order valence-corrected chi connectivity index (χ0v) is 11.2. The number of carbonyl (C=O) groups excluding carboxylic acids is 1. The number of hydrogen-bond donors (Lipinski definition) is 1. The molecule has 0 fully saturated rings. The van der Waals surface area contributed by atoms with Crippen molar-refractivity contribution in [3.05, 3.63) is 23.8 Å². The summed E-state index contributed by atoms with van der Waals surface area (Å²) in [6.07, 6.45) is 0. The number of benzene rings is 1. The van der Waals surface area contributed by atoms with Gasteiger partial charge in [0.2, 0.25) is 5.17 Å². The minimum absolute atomic E-state index is 0.248. The first-order chi connectivity index (χ1) is 8.58. The third kappa shape index (κ3) is 3.92. The predicted molar refractivity (Wildman–Crippen MR) is 71.3 cm³/mol. The lowest BCUT2D eigenvalue weighted by atomic mass is 10.2. The summed E-state index contributed by atoms with van der Waals surface area (Å²) in [6.45, 7) is 3.87. The Morgan fingerprint density at radius 1 is 1.50 bits per heavy atom. The molecule has 5 nitrogen and oxygen atoms in total. The molecule has 0 aliphatic heterocycles. The van der Waals surface area contributed by atoms with Crippen LogP contribution in [-0.2, 0) is 9.53 Å². The minimum Gasteiger partial charge on any atom is -0.495 e. The Hall–Kier alpha value is -1.75. The molecule has 0 unspecified atom stereocenters. The van der Waals surface area contributed by atoms with Gasteiger partial charge in [-0.3, -0.25) is 5.43 Å². The van der Waals surface area contributed by atoms with Gasteiger partial charge in [0, 0.05) is 0 Å². The van der Waals surface area contributed by atoms with E-state index in [4.69, 9.17) is 21.1 Å². The molecule has 0 aliphatic carbocycles. The zero-order chi connectivity index (χ0) is 13.5. The second-order valence-electron chi connectivity index (χ2n) is 3.44. The van der Waals surface area contributed by atoms with E-state index in [0.29, 0.717) is 11.4 Å². The summed E-state index contributed by atoms with van der Waals surface area (Å²) >= 11 is 5.67. The lowest BCUT2D eigenvalue weighted by molar-refractivity contribution is -0.134. The van der Waals surface area contributed by atoms with Gasteiger partial charge in [0.1, 0.15) is 5.75 Å². The van der Waals surface area contributed by atoms with Crippen molar-refractivity contribution in [3.8, 4) is 5.75 Å². The largest absolute Gasteiger partial charge is 0.495 e. The van der Waals surface area contributed by atoms with E-state index in [-0.39, 0.29) is 11.8 Å². The molecule has 0 saturated heterocycles. The average molecular weight is 271 g/mol. The van der Waals surface area contributed by atoms with Crippen LogP contribution in [0.4, 0.5) is 5.69 Å². The summed E-state index contributed by atoms with van der Waals surface area (Å²) in [4.78, 5) is 11.2. The standard InChI is InChI=1S/C12H15ClN2O3/c1-4-18-12(16)11(13)15-14-9-7-8(2)5-6-10(9)17-3/h5-7,14H,4H2,1-3H3/b15-11+. The molecule has 0 spiro atoms. The van der Waals surface area contributed by atoms with E-state index in [2.05, 4.69) is 10.5 Å². The van der Waals surface area contributed by atoms with Crippen molar-refractivity contribution < 1.29 is 14.3 Å². The Balaban J connectivity index is 2.81. The molecule has 1 N–H and O–H groups in total. The van der Waals surface area contributed by atoms with Gasteiger partial charge in [-0.2, -0.15) is 5.10 Å². The topological polar surface area (TPSA) is 59.9 Å². The van der Waals surface area contributed by atoms with Gasteiger partial charge in [-0.15, -0.1) is 0 Å². The van der Waals surface area contributed by atoms with Gasteiger partial charge in [-0.05, 0) is 31.5 Å². The highest BCUT2D eigenvalue weighted by Gasteiger charge is 2.09. The second kappa shape index (κ2) is 6.86. The summed E-state index contributed by atoms with van der Waals surface area (Å²) in [6, 6.07) is 5.53. The van der Waals surface area contributed by atoms with Gasteiger partial charge < -0.3 is 9.47 Å². The highest BCUT2D eigenvalue weighted by atomic mass is 35.5. The fraction of sp³-hybridized carbons (Fsp3) is 0.333. The first-order valence-corrected chi connectivity index (χ1v) is 5.77. The van der Waals surface area contributed by atoms with E-state index in [1.165, 1.54) is 0 Å². The van der Waals surface area contributed by atoms with Crippen LogP contribution in [-0.4, -0.2) is 24.9 Å². The number of rotatable bonds is 5. The zero-order valence-electron chi connectivity index (χ0n) is 10.5. The van der Waals surface area contributed by atoms with Gasteiger partial charge in [-0.25, -0.2) is 4.79 Å². The first kappa shape index (κ1) is 14.3. The normalized spacial score (nSPS) is 11.0. The summed E-state index contributed by atoms with van der Waals surface area (Å²) in [5, 5.41) is 3.48. The van der Waals surface area contributed by atoms with Crippen molar-refractivity contribution in [3.63, 3.8) is 0 Å². The van der Waals surface area contributed by atoms with E-state index >= 15 is 0 Å². The Morgan fingerprint density at radius 2 is 2.22 bits per heavy atom. The Morgan fingerprint density at radius 3 is 2.83 bits per heavy atom. The number of hydrazone groups is 1. The van der Waals surface area contributed by atoms with E-state index in [1.807, 2.05) is 19.1 Å². The number of ether oxygens (including phenoxy) is 2. The Kier molecular flexibility index (Phi) is 5.45. The van der Waals surface area contributed by atoms with Gasteiger partial charge >= 0.3 is 5.97 Å². The smallest absolute Gasteiger partial charge is 0.370 e. The van der Waals surface area contributed by atoms with Gasteiger partial charge in [0.05, 0.1) is 19.4 Å². The van der Waals surface area contributed by atoms with Crippen LogP contribution in [0.1, 0.15) is 12.5 Å². The molecule has 1 aromatic rings. The molecule has 0 heterocycles. The van der Waals surface area contributed by atoms with Crippen molar-refractivity contribution in [2.45, 2.75) is 13.8 Å². The number of nitrogens with zero attached hydrogens (tertiary/aromatic N) is 1. The number of anilines is 1. The summed E-state index contributed by atoms with van der Waals surface area (Å²) in [5.74, 6) is -0.0593. The number of hydrogen-bond acceptors (Lipinski definition) is 5. The third-order valence-corrected chi connectivity index (χ3v) is 2.31. The number of methoxy groups -OCH3 is 1. The van der Waals surface area contributed by atoms with Crippen LogP contribution < -0.4 is 10.2 Å². The quantitative estimate of drug-likeness (QED) is 0.507. The molecule has 0 atom stereocenters. The molecule has 0 aromatic heterocycles. The Bertz CT molecular complexity index is 461. The first-order valence-electron chi connectivity index (χ1n) is 5.39. The molecule has 98 valence electrons. The van der Waals surface area contributed by atoms with E-state index in [1.54, 1.807) is 20.1 Å². The van der Waals surface area contributed by atoms with Crippen LogP contribution in [0.3, 0.4) is 0 Å². The van der Waals surface area contributed by atoms with Crippen LogP contribution in [0, 0.1) is 6.92 Å². The number of nitrogens with one attached hydrogen (secondary N) is 1. The van der Waals surface area contributed by atoms with E-state index in [9.17, 15) is 4.79 Å². The molecule has 1 rings (SSSR count). The molecule has 0 aliphatic rings. The molecule has 1 aromatic carbocycles. The maximum atomic E-state index is 11.2. The van der Waals surface area contributed by atoms with Crippen molar-refractivity contribution in [2.75, 3.05) is 19.1 Å². The monoisotopic (exact) mass is 270 g/mol. The predicted octanol–water partition coefficient (Wildman–Crippen LogP) is 2.53. The van der Waals surface area contributed by atoms with Crippen molar-refractivity contribution in [1.29, 1.82) is 0 Å². The number of esters is 1. The van der Waals surface area contributed by atoms with E-state index < -0.39 is 5.97 Å². The third-order valence-electron chi connectivity index (χ3n) is 2.07. The lowest BCUT2D eigenvalue weighted by Gasteiger charge is -2.08. The SMILES string of the molecule is CCOC(=O)/C(Cl)=N\Nc1cc(C)ccc1OC. The van der Waals surface area contributed by atoms with Gasteiger partial charge in [-0.1, -0.05) is 17.7 Å². The maximum absolute atomic E-state index is 11.2. The van der Waals surface area contributed by atoms with Crippen molar-refractivity contribution in [1.82, 2.24) is 0 Å². The molecule has 0 amide bonds. The van der Waals surface area contributed by atoms with Gasteiger partial charge in [0.15, 0.2) is 0 Å². The number of carbonyl (C=O) groups is 1. The fourth-order valence-electron chi connectivity index (χ4n) is 1.25. The fourth-order valence-corrected chi connectivity index (χ4v) is 1.35. The minimum atomic E-state index is -0.668. The van der Waals surface area contributed by atoms with Crippen LogP contribution in [0.15, 0.2) is 23.3 Å². The second-order valence-corrected chi connectivity index (χ2v) is 3.80. The number of aryl methyl sites for hydroxylation is 1. The molecule has 0 saturated carbocycles. The molecule has 0 radical (unpaired) electrons. The Labute approximate surface area is 111 Å². The van der Waals surface area contributed by atoms with Crippen LogP contribution in [0.5, 0.6) is 5.75 Å². The summed E-state index contributed by atoms with van der Waals surface area (Å²) in [5.41, 5.74) is 4.33. The van der Waals surface area contributed by atoms with Crippen LogP contribution in [0.2, 0.25) is 0 Å². The summed E-state index contributed by atoms with van der Waals surface area (Å²) in [7, 11) is 1.55. The molecular weight excluding hydrogens is 256 g/mol.